The van der Waals surface area contributed by atoms with E-state index in [9.17, 15) is 29.1 Å². The lowest BCUT2D eigenvalue weighted by Gasteiger charge is -2.25. The zero-order valence-corrected chi connectivity index (χ0v) is 16.8. The van der Waals surface area contributed by atoms with Crippen LogP contribution in [0.3, 0.4) is 0 Å². The van der Waals surface area contributed by atoms with Crippen LogP contribution < -0.4 is 27.4 Å². The Morgan fingerprint density at radius 1 is 1.16 bits per heavy atom. The molecule has 4 amide bonds. The Morgan fingerprint density at radius 3 is 2.35 bits per heavy atom. The van der Waals surface area contributed by atoms with Gasteiger partial charge in [-0.15, -0.1) is 0 Å². The average molecular weight is 441 g/mol. The normalized spacial score (nSPS) is 14.5. The Morgan fingerprint density at radius 2 is 1.84 bits per heavy atom. The number of nitrogens with zero attached hydrogens (tertiary/aromatic N) is 1. The van der Waals surface area contributed by atoms with E-state index in [0.717, 1.165) is 0 Å². The van der Waals surface area contributed by atoms with Gasteiger partial charge in [0, 0.05) is 24.7 Å². The van der Waals surface area contributed by atoms with Crippen LogP contribution in [0.2, 0.25) is 0 Å². The Kier molecular flexibility index (Phi) is 10.1. The molecule has 0 aliphatic heterocycles. The minimum Gasteiger partial charge on any atom is -0.480 e. The van der Waals surface area contributed by atoms with Gasteiger partial charge in [0.2, 0.25) is 23.6 Å². The zero-order valence-electron chi connectivity index (χ0n) is 16.8. The molecule has 1 heterocycles. The predicted molar refractivity (Wildman–Crippen MR) is 105 cm³/mol. The van der Waals surface area contributed by atoms with E-state index in [2.05, 4.69) is 25.9 Å². The lowest BCUT2D eigenvalue weighted by Crippen LogP contribution is -2.59. The van der Waals surface area contributed by atoms with E-state index in [1.54, 1.807) is 0 Å². The van der Waals surface area contributed by atoms with Gasteiger partial charge in [-0.05, 0) is 13.3 Å². The van der Waals surface area contributed by atoms with Crippen molar-refractivity contribution in [3.63, 3.8) is 0 Å². The number of nitrogens with two attached hydrogens (primary N) is 2. The zero-order chi connectivity index (χ0) is 23.6. The van der Waals surface area contributed by atoms with E-state index in [-0.39, 0.29) is 19.3 Å². The molecule has 0 saturated heterocycles. The van der Waals surface area contributed by atoms with Gasteiger partial charge in [-0.1, -0.05) is 0 Å². The topological polar surface area (TPSA) is 243 Å². The van der Waals surface area contributed by atoms with Crippen molar-refractivity contribution >= 4 is 29.6 Å². The number of aliphatic hydroxyl groups is 1. The number of carbonyl (C=O) groups is 5. The summed E-state index contributed by atoms with van der Waals surface area (Å²) in [5, 5.41) is 25.3. The number of H-pyrrole nitrogens is 1. The number of aliphatic hydroxyl groups excluding tert-OH is 1. The number of imidazole rings is 1. The van der Waals surface area contributed by atoms with Gasteiger partial charge in [0.1, 0.15) is 18.6 Å². The van der Waals surface area contributed by atoms with E-state index < -0.39 is 60.4 Å². The number of aromatic amines is 1. The molecular formula is C17H27N7O7. The largest absolute Gasteiger partial charge is 0.480 e. The van der Waals surface area contributed by atoms with Gasteiger partial charge < -0.3 is 42.6 Å². The molecule has 0 aromatic carbocycles. The first-order valence-corrected chi connectivity index (χ1v) is 9.30. The van der Waals surface area contributed by atoms with E-state index in [1.807, 2.05) is 0 Å². The molecule has 4 unspecified atom stereocenters. The Balaban J connectivity index is 2.81. The maximum atomic E-state index is 12.6. The first-order chi connectivity index (χ1) is 14.5. The number of aliphatic carboxylic acids is 1. The second kappa shape index (κ2) is 12.2. The molecule has 10 N–H and O–H groups in total. The summed E-state index contributed by atoms with van der Waals surface area (Å²) in [7, 11) is 0. The van der Waals surface area contributed by atoms with Crippen LogP contribution in [0.1, 0.15) is 25.5 Å². The number of hydrogen-bond acceptors (Lipinski definition) is 8. The lowest BCUT2D eigenvalue weighted by molar-refractivity contribution is -0.139. The molecule has 0 spiro atoms. The smallest absolute Gasteiger partial charge is 0.322 e. The van der Waals surface area contributed by atoms with Gasteiger partial charge in [0.05, 0.1) is 18.5 Å². The van der Waals surface area contributed by atoms with Crippen LogP contribution in [0.15, 0.2) is 12.5 Å². The number of amides is 4. The first kappa shape index (κ1) is 25.5. The summed E-state index contributed by atoms with van der Waals surface area (Å²) >= 11 is 0. The van der Waals surface area contributed by atoms with Crippen LogP contribution in [-0.4, -0.2) is 80.6 Å². The fourth-order valence-electron chi connectivity index (χ4n) is 2.49. The maximum absolute atomic E-state index is 12.6. The number of carboxylic acids is 1. The fourth-order valence-corrected chi connectivity index (χ4v) is 2.49. The minimum atomic E-state index is -1.47. The molecule has 0 fully saturated rings. The van der Waals surface area contributed by atoms with Gasteiger partial charge in [0.15, 0.2) is 0 Å². The average Bonchev–Trinajstić information content (AvgIpc) is 3.19. The predicted octanol–water partition coefficient (Wildman–Crippen LogP) is -3.90. The van der Waals surface area contributed by atoms with Gasteiger partial charge in [0.25, 0.3) is 0 Å². The van der Waals surface area contributed by atoms with Crippen LogP contribution in [0, 0.1) is 0 Å². The summed E-state index contributed by atoms with van der Waals surface area (Å²) in [6.07, 6.45) is 1.14. The molecule has 4 atom stereocenters. The SMILES string of the molecule is CC(O)C(NC(=O)C(N)Cc1cnc[nH]1)C(=O)NC(CCC(N)=O)C(=O)NCC(=O)O. The number of rotatable bonds is 13. The number of hydrogen-bond donors (Lipinski definition) is 8. The van der Waals surface area contributed by atoms with Crippen molar-refractivity contribution in [1.82, 2.24) is 25.9 Å². The highest BCUT2D eigenvalue weighted by Gasteiger charge is 2.31. The van der Waals surface area contributed by atoms with Crippen molar-refractivity contribution in [3.8, 4) is 0 Å². The maximum Gasteiger partial charge on any atom is 0.322 e. The van der Waals surface area contributed by atoms with Crippen molar-refractivity contribution in [3.05, 3.63) is 18.2 Å². The van der Waals surface area contributed by atoms with Crippen LogP contribution in [0.4, 0.5) is 0 Å². The molecule has 0 radical (unpaired) electrons. The van der Waals surface area contributed by atoms with Crippen molar-refractivity contribution < 1.29 is 34.2 Å². The third-order valence-electron chi connectivity index (χ3n) is 4.12. The summed E-state index contributed by atoms with van der Waals surface area (Å²) < 4.78 is 0. The Hall–Kier alpha value is -3.52. The van der Waals surface area contributed by atoms with E-state index in [4.69, 9.17) is 16.6 Å². The number of carboxylic acid groups (broad SMARTS) is 1. The van der Waals surface area contributed by atoms with Crippen LogP contribution in [0.5, 0.6) is 0 Å². The summed E-state index contributed by atoms with van der Waals surface area (Å²) in [4.78, 5) is 65.4. The highest BCUT2D eigenvalue weighted by molar-refractivity contribution is 5.94. The standard InChI is InChI=1S/C17H27N7O7/c1-8(25)14(24-15(29)10(18)4-9-5-20-7-22-9)17(31)23-11(2-3-12(19)26)16(30)21-6-13(27)28/h5,7-8,10-11,14,25H,2-4,6,18H2,1H3,(H2,19,26)(H,20,22)(H,21,30)(H,23,31)(H,24,29)(H,27,28). The number of primary amides is 1. The third-order valence-corrected chi connectivity index (χ3v) is 4.12. The number of carbonyl (C=O) groups excluding carboxylic acids is 4. The highest BCUT2D eigenvalue weighted by Crippen LogP contribution is 2.03. The van der Waals surface area contributed by atoms with Crippen LogP contribution in [-0.2, 0) is 30.4 Å². The fraction of sp³-hybridized carbons (Fsp3) is 0.529. The van der Waals surface area contributed by atoms with E-state index in [0.29, 0.717) is 5.69 Å². The quantitative estimate of drug-likeness (QED) is 0.149. The van der Waals surface area contributed by atoms with Crippen molar-refractivity contribution in [2.75, 3.05) is 6.54 Å². The minimum absolute atomic E-state index is 0.0960. The molecule has 31 heavy (non-hydrogen) atoms. The van der Waals surface area contributed by atoms with E-state index in [1.165, 1.54) is 19.4 Å². The Bertz CT molecular complexity index is 782. The lowest BCUT2D eigenvalue weighted by atomic mass is 10.1. The molecule has 0 aliphatic rings. The molecule has 172 valence electrons. The molecule has 1 rings (SSSR count). The van der Waals surface area contributed by atoms with Crippen LogP contribution >= 0.6 is 0 Å². The van der Waals surface area contributed by atoms with Crippen molar-refractivity contribution in [1.29, 1.82) is 0 Å². The summed E-state index contributed by atoms with van der Waals surface area (Å²) in [5.74, 6) is -4.59. The first-order valence-electron chi connectivity index (χ1n) is 9.30. The number of aromatic nitrogens is 2. The third kappa shape index (κ3) is 9.22. The van der Waals surface area contributed by atoms with Gasteiger partial charge in [-0.25, -0.2) is 4.98 Å². The second-order valence-corrected chi connectivity index (χ2v) is 6.79. The molecule has 14 heteroatoms. The molecular weight excluding hydrogens is 414 g/mol. The van der Waals surface area contributed by atoms with Gasteiger partial charge in [-0.2, -0.15) is 0 Å². The number of nitrogens with one attached hydrogen (secondary N) is 4. The molecule has 14 nitrogen and oxygen atoms in total. The van der Waals surface area contributed by atoms with Gasteiger partial charge in [-0.3, -0.25) is 24.0 Å². The van der Waals surface area contributed by atoms with Gasteiger partial charge >= 0.3 is 5.97 Å². The molecule has 1 aromatic rings. The molecule has 0 aliphatic carbocycles. The molecule has 1 aromatic heterocycles. The molecule has 0 bridgehead atoms. The summed E-state index contributed by atoms with van der Waals surface area (Å²) in [6.45, 7) is 0.536. The van der Waals surface area contributed by atoms with Crippen LogP contribution in [0.25, 0.3) is 0 Å². The highest BCUT2D eigenvalue weighted by atomic mass is 16.4. The van der Waals surface area contributed by atoms with E-state index >= 15 is 0 Å². The second-order valence-electron chi connectivity index (χ2n) is 6.79. The summed E-state index contributed by atoms with van der Waals surface area (Å²) in [6, 6.07) is -3.85. The molecule has 0 saturated carbocycles. The summed E-state index contributed by atoms with van der Waals surface area (Å²) in [5.41, 5.74) is 11.5. The van der Waals surface area contributed by atoms with Crippen molar-refractivity contribution in [2.24, 2.45) is 11.5 Å². The Labute approximate surface area is 177 Å². The monoisotopic (exact) mass is 441 g/mol. The van der Waals surface area contributed by atoms with Crippen molar-refractivity contribution in [2.45, 2.75) is 50.4 Å².